The fourth-order valence-electron chi connectivity index (χ4n) is 2.49. The molecule has 1 heterocycles. The highest BCUT2D eigenvalue weighted by Gasteiger charge is 2.35. The van der Waals surface area contributed by atoms with E-state index in [0.717, 1.165) is 22.7 Å². The average Bonchev–Trinajstić information content (AvgIpc) is 3.35. The first-order valence-electron chi connectivity index (χ1n) is 8.38. The summed E-state index contributed by atoms with van der Waals surface area (Å²) >= 11 is 2.83. The third-order valence-electron chi connectivity index (χ3n) is 4.01. The molecule has 5 nitrogen and oxygen atoms in total. The van der Waals surface area contributed by atoms with Crippen LogP contribution in [0.5, 0.6) is 0 Å². The van der Waals surface area contributed by atoms with E-state index in [2.05, 4.69) is 40.5 Å². The molecule has 0 spiro atoms. The lowest BCUT2D eigenvalue weighted by Gasteiger charge is -2.17. The third kappa shape index (κ3) is 4.59. The molecule has 7 heteroatoms. The lowest BCUT2D eigenvalue weighted by atomic mass is 10.1. The van der Waals surface area contributed by atoms with Gasteiger partial charge in [-0.1, -0.05) is 59.9 Å². The van der Waals surface area contributed by atoms with E-state index in [1.54, 1.807) is 4.90 Å². The van der Waals surface area contributed by atoms with Gasteiger partial charge in [0, 0.05) is 12.5 Å². The molecule has 1 saturated carbocycles. The van der Waals surface area contributed by atoms with E-state index in [1.165, 1.54) is 28.7 Å². The van der Waals surface area contributed by atoms with Gasteiger partial charge in [0.05, 0.1) is 6.07 Å². The third-order valence-corrected chi connectivity index (χ3v) is 6.11. The lowest BCUT2D eigenvalue weighted by Crippen LogP contribution is -2.32. The summed E-state index contributed by atoms with van der Waals surface area (Å²) < 4.78 is 0.739. The van der Waals surface area contributed by atoms with Gasteiger partial charge in [0.15, 0.2) is 4.34 Å². The van der Waals surface area contributed by atoms with Crippen LogP contribution in [0.4, 0.5) is 5.13 Å². The molecule has 0 unspecified atom stereocenters. The molecule has 1 aromatic heterocycles. The van der Waals surface area contributed by atoms with Crippen molar-refractivity contribution in [1.29, 1.82) is 5.26 Å². The fourth-order valence-corrected chi connectivity index (χ4v) is 4.58. The Kier molecular flexibility index (Phi) is 5.71. The smallest absolute Gasteiger partial charge is 0.228 e. The number of hydrogen-bond donors (Lipinski definition) is 0. The zero-order valence-corrected chi connectivity index (χ0v) is 15.9. The fraction of sp³-hybridized carbons (Fsp3) is 0.444. The van der Waals surface area contributed by atoms with Crippen molar-refractivity contribution >= 4 is 34.1 Å². The van der Waals surface area contributed by atoms with Gasteiger partial charge < -0.3 is 0 Å². The molecule has 0 aliphatic heterocycles. The Balaban J connectivity index is 1.67. The molecule has 3 rings (SSSR count). The van der Waals surface area contributed by atoms with E-state index >= 15 is 0 Å². The summed E-state index contributed by atoms with van der Waals surface area (Å²) in [6.07, 6.45) is 3.19. The minimum Gasteiger partial charge on any atom is -0.284 e. The first kappa shape index (κ1) is 17.9. The summed E-state index contributed by atoms with van der Waals surface area (Å²) in [5.74, 6) is 0.0895. The summed E-state index contributed by atoms with van der Waals surface area (Å²) in [5.41, 5.74) is 2.34. The normalized spacial score (nSPS) is 14.8. The van der Waals surface area contributed by atoms with E-state index in [9.17, 15) is 10.1 Å². The van der Waals surface area contributed by atoms with E-state index < -0.39 is 0 Å². The predicted octanol–water partition coefficient (Wildman–Crippen LogP) is 3.98. The number of aromatic nitrogens is 2. The van der Waals surface area contributed by atoms with Crippen LogP contribution in [0.3, 0.4) is 0 Å². The number of anilines is 1. The number of benzene rings is 1. The molecule has 1 atom stereocenters. The van der Waals surface area contributed by atoms with Gasteiger partial charge in [-0.2, -0.15) is 5.26 Å². The Morgan fingerprint density at radius 3 is 2.72 bits per heavy atom. The van der Waals surface area contributed by atoms with E-state index in [0.29, 0.717) is 18.0 Å². The number of nitriles is 1. The minimum atomic E-state index is -0.222. The quantitative estimate of drug-likeness (QED) is 0.543. The van der Waals surface area contributed by atoms with Crippen LogP contribution in [0.15, 0.2) is 28.6 Å². The number of aryl methyl sites for hydroxylation is 1. The van der Waals surface area contributed by atoms with Crippen LogP contribution in [-0.4, -0.2) is 27.4 Å². The summed E-state index contributed by atoms with van der Waals surface area (Å²) in [5, 5.41) is 18.3. The van der Waals surface area contributed by atoms with Gasteiger partial charge in [0.2, 0.25) is 11.0 Å². The van der Waals surface area contributed by atoms with Gasteiger partial charge in [0.1, 0.15) is 5.25 Å². The Bertz CT molecular complexity index is 777. The number of carbonyl (C=O) groups excluding carboxylic acids is 1. The number of thioether (sulfide) groups is 1. The molecule has 1 aliphatic rings. The van der Waals surface area contributed by atoms with Crippen LogP contribution < -0.4 is 4.90 Å². The maximum absolute atomic E-state index is 12.2. The standard InChI is InChI=1S/C18H20N4OS2/c1-3-16(23)22(14-8-9-14)17-20-21-18(25-17)24-15(11-19)10-13-6-4-12(2)5-7-13/h4-7,14-15H,3,8-10H2,1-2H3/t15-/m1/s1. The van der Waals surface area contributed by atoms with Crippen molar-refractivity contribution in [2.75, 3.05) is 4.90 Å². The maximum Gasteiger partial charge on any atom is 0.228 e. The molecule has 1 fully saturated rings. The lowest BCUT2D eigenvalue weighted by molar-refractivity contribution is -0.118. The molecule has 0 saturated heterocycles. The highest BCUT2D eigenvalue weighted by Crippen LogP contribution is 2.37. The largest absolute Gasteiger partial charge is 0.284 e. The second-order valence-electron chi connectivity index (χ2n) is 6.12. The van der Waals surface area contributed by atoms with Crippen LogP contribution in [0.1, 0.15) is 37.3 Å². The Hall–Kier alpha value is -1.91. The average molecular weight is 373 g/mol. The van der Waals surface area contributed by atoms with Crippen LogP contribution in [0, 0.1) is 18.3 Å². The molecule has 130 valence electrons. The van der Waals surface area contributed by atoms with Gasteiger partial charge in [0.25, 0.3) is 0 Å². The van der Waals surface area contributed by atoms with Crippen molar-refractivity contribution in [3.8, 4) is 6.07 Å². The number of hydrogen-bond acceptors (Lipinski definition) is 6. The van der Waals surface area contributed by atoms with Crippen molar-refractivity contribution in [3.63, 3.8) is 0 Å². The summed E-state index contributed by atoms with van der Waals surface area (Å²) in [4.78, 5) is 13.9. The maximum atomic E-state index is 12.2. The summed E-state index contributed by atoms with van der Waals surface area (Å²) in [7, 11) is 0. The van der Waals surface area contributed by atoms with Crippen molar-refractivity contribution < 1.29 is 4.79 Å². The molecule has 1 aliphatic carbocycles. The van der Waals surface area contributed by atoms with Crippen LogP contribution >= 0.6 is 23.1 Å². The molecule has 1 amide bonds. The number of nitrogens with zero attached hydrogens (tertiary/aromatic N) is 4. The molecule has 0 bridgehead atoms. The van der Waals surface area contributed by atoms with Crippen LogP contribution in [-0.2, 0) is 11.2 Å². The Morgan fingerprint density at radius 2 is 2.12 bits per heavy atom. The molecule has 2 aromatic rings. The van der Waals surface area contributed by atoms with Gasteiger partial charge in [-0.3, -0.25) is 9.69 Å². The van der Waals surface area contributed by atoms with E-state index in [1.807, 2.05) is 13.8 Å². The van der Waals surface area contributed by atoms with Crippen LogP contribution in [0.2, 0.25) is 0 Å². The zero-order chi connectivity index (χ0) is 17.8. The SMILES string of the molecule is CCC(=O)N(c1nnc(S[C@@H](C#N)Cc2ccc(C)cc2)s1)C1CC1. The van der Waals surface area contributed by atoms with E-state index in [4.69, 9.17) is 0 Å². The van der Waals surface area contributed by atoms with Crippen molar-refractivity contribution in [3.05, 3.63) is 35.4 Å². The highest BCUT2D eigenvalue weighted by molar-refractivity contribution is 8.01. The number of carbonyl (C=O) groups is 1. The second-order valence-corrected chi connectivity index (χ2v) is 8.53. The number of rotatable bonds is 7. The minimum absolute atomic E-state index is 0.0895. The molecule has 25 heavy (non-hydrogen) atoms. The van der Waals surface area contributed by atoms with E-state index in [-0.39, 0.29) is 17.2 Å². The topological polar surface area (TPSA) is 69.9 Å². The Labute approximate surface area is 156 Å². The van der Waals surface area contributed by atoms with Gasteiger partial charge in [-0.25, -0.2) is 0 Å². The van der Waals surface area contributed by atoms with Crippen molar-refractivity contribution in [2.24, 2.45) is 0 Å². The monoisotopic (exact) mass is 372 g/mol. The van der Waals surface area contributed by atoms with Crippen LogP contribution in [0.25, 0.3) is 0 Å². The van der Waals surface area contributed by atoms with Crippen molar-refractivity contribution in [2.45, 2.75) is 55.2 Å². The van der Waals surface area contributed by atoms with Gasteiger partial charge in [-0.15, -0.1) is 10.2 Å². The van der Waals surface area contributed by atoms with Gasteiger partial charge >= 0.3 is 0 Å². The Morgan fingerprint density at radius 1 is 1.40 bits per heavy atom. The first-order valence-corrected chi connectivity index (χ1v) is 10.1. The molecular formula is C18H20N4OS2. The van der Waals surface area contributed by atoms with Crippen molar-refractivity contribution in [1.82, 2.24) is 10.2 Å². The number of amides is 1. The highest BCUT2D eigenvalue weighted by atomic mass is 32.2. The molecule has 0 N–H and O–H groups in total. The predicted molar refractivity (Wildman–Crippen MR) is 101 cm³/mol. The zero-order valence-electron chi connectivity index (χ0n) is 14.3. The molecule has 1 aromatic carbocycles. The summed E-state index contributed by atoms with van der Waals surface area (Å²) in [6.45, 7) is 3.91. The molecular weight excluding hydrogens is 352 g/mol. The van der Waals surface area contributed by atoms with Gasteiger partial charge in [-0.05, 0) is 31.7 Å². The second kappa shape index (κ2) is 7.98. The summed E-state index contributed by atoms with van der Waals surface area (Å²) in [6, 6.07) is 10.8. The first-order chi connectivity index (χ1) is 12.1. The molecule has 0 radical (unpaired) electrons.